The molecule has 0 bridgehead atoms. The van der Waals surface area contributed by atoms with Crippen molar-refractivity contribution in [1.82, 2.24) is 14.8 Å². The van der Waals surface area contributed by atoms with Gasteiger partial charge in [0.15, 0.2) is 5.82 Å². The Bertz CT molecular complexity index is 502. The molecule has 0 unspecified atom stereocenters. The van der Waals surface area contributed by atoms with Crippen molar-refractivity contribution in [3.63, 3.8) is 0 Å². The first kappa shape index (κ1) is 11.8. The molecule has 4 heteroatoms. The molecule has 90 valence electrons. The lowest BCUT2D eigenvalue weighted by Gasteiger charge is -2.09. The molecule has 0 aliphatic heterocycles. The lowest BCUT2D eigenvalue weighted by molar-refractivity contribution is 0.704. The van der Waals surface area contributed by atoms with Gasteiger partial charge in [-0.05, 0) is 18.9 Å². The van der Waals surface area contributed by atoms with Crippen LogP contribution >= 0.6 is 0 Å². The van der Waals surface area contributed by atoms with Gasteiger partial charge in [0.25, 0.3) is 0 Å². The highest BCUT2D eigenvalue weighted by Gasteiger charge is 2.13. The van der Waals surface area contributed by atoms with Gasteiger partial charge >= 0.3 is 0 Å². The van der Waals surface area contributed by atoms with Crippen molar-refractivity contribution < 1.29 is 0 Å². The highest BCUT2D eigenvalue weighted by molar-refractivity contribution is 5.60. The lowest BCUT2D eigenvalue weighted by atomic mass is 10.0. The molecule has 1 aromatic carbocycles. The third kappa shape index (κ3) is 2.08. The number of aromatic nitrogens is 3. The van der Waals surface area contributed by atoms with E-state index < -0.39 is 0 Å². The topological polar surface area (TPSA) is 56.7 Å². The largest absolute Gasteiger partial charge is 0.324 e. The molecule has 0 aliphatic rings. The van der Waals surface area contributed by atoms with E-state index in [0.717, 1.165) is 30.2 Å². The van der Waals surface area contributed by atoms with Gasteiger partial charge < -0.3 is 10.3 Å². The van der Waals surface area contributed by atoms with Crippen LogP contribution in [0.15, 0.2) is 24.3 Å². The van der Waals surface area contributed by atoms with Crippen LogP contribution in [-0.4, -0.2) is 14.8 Å². The molecule has 0 aliphatic carbocycles. The minimum atomic E-state index is 0.426. The number of rotatable bonds is 4. The van der Waals surface area contributed by atoms with Gasteiger partial charge in [0.1, 0.15) is 5.82 Å². The van der Waals surface area contributed by atoms with Crippen LogP contribution in [0.1, 0.15) is 25.2 Å². The monoisotopic (exact) mass is 230 g/mol. The molecule has 2 rings (SSSR count). The zero-order valence-electron chi connectivity index (χ0n) is 10.3. The van der Waals surface area contributed by atoms with Crippen LogP contribution in [-0.2, 0) is 19.5 Å². The summed E-state index contributed by atoms with van der Waals surface area (Å²) in [5.74, 6) is 1.76. The van der Waals surface area contributed by atoms with Gasteiger partial charge in [-0.3, -0.25) is 0 Å². The predicted octanol–water partition coefficient (Wildman–Crippen LogP) is 1.99. The van der Waals surface area contributed by atoms with Crippen LogP contribution in [0, 0.1) is 0 Å². The van der Waals surface area contributed by atoms with Crippen molar-refractivity contribution in [2.24, 2.45) is 5.73 Å². The van der Waals surface area contributed by atoms with E-state index in [2.05, 4.69) is 46.8 Å². The maximum atomic E-state index is 5.66. The van der Waals surface area contributed by atoms with Gasteiger partial charge in [-0.25, -0.2) is 0 Å². The summed E-state index contributed by atoms with van der Waals surface area (Å²) < 4.78 is 2.08. The molecule has 1 heterocycles. The summed E-state index contributed by atoms with van der Waals surface area (Å²) in [7, 11) is 0. The van der Waals surface area contributed by atoms with Crippen LogP contribution in [0.25, 0.3) is 11.4 Å². The molecule has 4 nitrogen and oxygen atoms in total. The molecule has 2 N–H and O–H groups in total. The fourth-order valence-corrected chi connectivity index (χ4v) is 2.06. The molecule has 0 amide bonds. The van der Waals surface area contributed by atoms with Crippen molar-refractivity contribution in [2.45, 2.75) is 33.4 Å². The number of hydrogen-bond donors (Lipinski definition) is 1. The number of nitrogens with two attached hydrogens (primary N) is 1. The Morgan fingerprint density at radius 3 is 2.59 bits per heavy atom. The Hall–Kier alpha value is -1.68. The summed E-state index contributed by atoms with van der Waals surface area (Å²) in [6.07, 6.45) is 0.991. The zero-order chi connectivity index (χ0) is 12.3. The van der Waals surface area contributed by atoms with Crippen LogP contribution in [0.2, 0.25) is 0 Å². The van der Waals surface area contributed by atoms with Gasteiger partial charge in [0.05, 0.1) is 6.54 Å². The van der Waals surface area contributed by atoms with E-state index in [4.69, 9.17) is 5.73 Å². The summed E-state index contributed by atoms with van der Waals surface area (Å²) in [4.78, 5) is 0. The number of nitrogens with zero attached hydrogens (tertiary/aromatic N) is 3. The summed E-state index contributed by atoms with van der Waals surface area (Å²) >= 11 is 0. The highest BCUT2D eigenvalue weighted by atomic mass is 15.3. The van der Waals surface area contributed by atoms with Gasteiger partial charge in [-0.15, -0.1) is 10.2 Å². The van der Waals surface area contributed by atoms with E-state index in [-0.39, 0.29) is 0 Å². The first-order valence-electron chi connectivity index (χ1n) is 6.02. The van der Waals surface area contributed by atoms with Crippen molar-refractivity contribution in [3.8, 4) is 11.4 Å². The third-order valence-corrected chi connectivity index (χ3v) is 2.97. The molecule has 0 saturated carbocycles. The second-order valence-electron chi connectivity index (χ2n) is 3.90. The van der Waals surface area contributed by atoms with E-state index in [1.165, 1.54) is 5.56 Å². The molecular formula is C13H18N4. The molecule has 0 atom stereocenters. The smallest absolute Gasteiger partial charge is 0.164 e. The Kier molecular flexibility index (Phi) is 3.54. The van der Waals surface area contributed by atoms with Crippen LogP contribution in [0.5, 0.6) is 0 Å². The SMILES string of the molecule is CCc1ccccc1-c1nnc(CN)n1CC. The van der Waals surface area contributed by atoms with Gasteiger partial charge in [0, 0.05) is 12.1 Å². The molecule has 17 heavy (non-hydrogen) atoms. The van der Waals surface area contributed by atoms with Gasteiger partial charge in [-0.2, -0.15) is 0 Å². The maximum Gasteiger partial charge on any atom is 0.164 e. The van der Waals surface area contributed by atoms with Crippen molar-refractivity contribution in [3.05, 3.63) is 35.7 Å². The fourth-order valence-electron chi connectivity index (χ4n) is 2.06. The second kappa shape index (κ2) is 5.10. The van der Waals surface area contributed by atoms with E-state index >= 15 is 0 Å². The van der Waals surface area contributed by atoms with Gasteiger partial charge in [-0.1, -0.05) is 31.2 Å². The van der Waals surface area contributed by atoms with E-state index in [0.29, 0.717) is 6.54 Å². The van der Waals surface area contributed by atoms with Crippen LogP contribution in [0.3, 0.4) is 0 Å². The predicted molar refractivity (Wildman–Crippen MR) is 68.4 cm³/mol. The van der Waals surface area contributed by atoms with Crippen molar-refractivity contribution in [2.75, 3.05) is 0 Å². The summed E-state index contributed by atoms with van der Waals surface area (Å²) in [6, 6.07) is 8.31. The highest BCUT2D eigenvalue weighted by Crippen LogP contribution is 2.23. The molecule has 0 radical (unpaired) electrons. The molecule has 0 fully saturated rings. The Morgan fingerprint density at radius 2 is 1.94 bits per heavy atom. The van der Waals surface area contributed by atoms with Crippen LogP contribution < -0.4 is 5.73 Å². The van der Waals surface area contributed by atoms with Gasteiger partial charge in [0.2, 0.25) is 0 Å². The zero-order valence-corrected chi connectivity index (χ0v) is 10.3. The molecule has 0 saturated heterocycles. The lowest BCUT2D eigenvalue weighted by Crippen LogP contribution is -2.08. The van der Waals surface area contributed by atoms with Crippen molar-refractivity contribution in [1.29, 1.82) is 0 Å². The maximum absolute atomic E-state index is 5.66. The molecule has 0 spiro atoms. The average Bonchev–Trinajstić information content (AvgIpc) is 2.81. The normalized spacial score (nSPS) is 10.8. The first-order valence-corrected chi connectivity index (χ1v) is 6.02. The van der Waals surface area contributed by atoms with E-state index in [1.54, 1.807) is 0 Å². The average molecular weight is 230 g/mol. The Balaban J connectivity index is 2.56. The van der Waals surface area contributed by atoms with E-state index in [9.17, 15) is 0 Å². The standard InChI is InChI=1S/C13H18N4/c1-3-10-7-5-6-8-11(10)13-16-15-12(9-14)17(13)4-2/h5-8H,3-4,9,14H2,1-2H3. The number of benzene rings is 1. The fraction of sp³-hybridized carbons (Fsp3) is 0.385. The number of hydrogen-bond acceptors (Lipinski definition) is 3. The Morgan fingerprint density at radius 1 is 1.18 bits per heavy atom. The van der Waals surface area contributed by atoms with Crippen LogP contribution in [0.4, 0.5) is 0 Å². The third-order valence-electron chi connectivity index (χ3n) is 2.97. The molecule has 2 aromatic rings. The second-order valence-corrected chi connectivity index (χ2v) is 3.90. The first-order chi connectivity index (χ1) is 8.31. The summed E-state index contributed by atoms with van der Waals surface area (Å²) in [6.45, 7) is 5.50. The minimum absolute atomic E-state index is 0.426. The molecule has 1 aromatic heterocycles. The summed E-state index contributed by atoms with van der Waals surface area (Å²) in [5.41, 5.74) is 8.11. The van der Waals surface area contributed by atoms with E-state index in [1.807, 2.05) is 6.07 Å². The Labute approximate surface area is 101 Å². The molecular weight excluding hydrogens is 212 g/mol. The summed E-state index contributed by atoms with van der Waals surface area (Å²) in [5, 5.41) is 8.41. The van der Waals surface area contributed by atoms with Crippen molar-refractivity contribution >= 4 is 0 Å². The number of aryl methyl sites for hydroxylation is 1. The minimum Gasteiger partial charge on any atom is -0.324 e. The quantitative estimate of drug-likeness (QED) is 0.873.